The summed E-state index contributed by atoms with van der Waals surface area (Å²) in [5.74, 6) is 1.44. The molecule has 1 aliphatic rings. The SMILES string of the molecule is Cc1c[c-]c(-c2cc(C)c(C)cn2)cc1.Cc1cnc(-c2[c-]ccc3c2oc2nc(-c4c(C(C)C)cccc4C(C)C)ccc23)cc1C1CCCCC1.[Ir]. The Morgan fingerprint density at radius 3 is 2.06 bits per heavy atom. The Morgan fingerprint density at radius 1 is 0.685 bits per heavy atom. The molecule has 0 unspecified atom stereocenters. The molecule has 1 radical (unpaired) electrons. The number of aryl methyl sites for hydroxylation is 4. The van der Waals surface area contributed by atoms with E-state index in [0.717, 1.165) is 44.6 Å². The van der Waals surface area contributed by atoms with Crippen molar-refractivity contribution in [3.63, 3.8) is 0 Å². The van der Waals surface area contributed by atoms with Crippen molar-refractivity contribution < 1.29 is 24.5 Å². The summed E-state index contributed by atoms with van der Waals surface area (Å²) in [7, 11) is 0. The number of fused-ring (bicyclic) bond motifs is 3. The predicted octanol–water partition coefficient (Wildman–Crippen LogP) is 13.6. The van der Waals surface area contributed by atoms with E-state index in [4.69, 9.17) is 14.4 Å². The number of hydrogen-bond acceptors (Lipinski definition) is 4. The first-order valence-electron chi connectivity index (χ1n) is 19.3. The van der Waals surface area contributed by atoms with Crippen LogP contribution < -0.4 is 0 Å². The zero-order valence-electron chi connectivity index (χ0n) is 32.9. The zero-order chi connectivity index (χ0) is 37.2. The van der Waals surface area contributed by atoms with E-state index in [1.807, 2.05) is 24.5 Å². The van der Waals surface area contributed by atoms with Gasteiger partial charge in [0.15, 0.2) is 0 Å². The number of benzene rings is 3. The average Bonchev–Trinajstić information content (AvgIpc) is 3.55. The molecule has 0 bridgehead atoms. The van der Waals surface area contributed by atoms with Crippen molar-refractivity contribution in [2.75, 3.05) is 0 Å². The summed E-state index contributed by atoms with van der Waals surface area (Å²) in [6.07, 6.45) is 10.5. The molecule has 0 saturated heterocycles. The van der Waals surface area contributed by atoms with E-state index in [0.29, 0.717) is 23.5 Å². The van der Waals surface area contributed by atoms with Gasteiger partial charge in [0.2, 0.25) is 5.71 Å². The normalized spacial score (nSPS) is 13.3. The summed E-state index contributed by atoms with van der Waals surface area (Å²) in [6, 6.07) is 32.3. The molecule has 7 aromatic rings. The van der Waals surface area contributed by atoms with Crippen LogP contribution in [0.15, 0.2) is 89.6 Å². The molecule has 1 fully saturated rings. The van der Waals surface area contributed by atoms with Crippen LogP contribution in [-0.4, -0.2) is 15.0 Å². The first kappa shape index (κ1) is 39.3. The van der Waals surface area contributed by atoms with Crippen LogP contribution in [0, 0.1) is 39.8 Å². The van der Waals surface area contributed by atoms with Gasteiger partial charge in [0.1, 0.15) is 0 Å². The van der Waals surface area contributed by atoms with Crippen LogP contribution in [0.1, 0.15) is 116 Å². The zero-order valence-corrected chi connectivity index (χ0v) is 35.3. The van der Waals surface area contributed by atoms with Gasteiger partial charge in [-0.15, -0.1) is 53.6 Å². The maximum Gasteiger partial charge on any atom is 0.216 e. The smallest absolute Gasteiger partial charge is 0.216 e. The van der Waals surface area contributed by atoms with E-state index < -0.39 is 0 Å². The van der Waals surface area contributed by atoms with Gasteiger partial charge in [-0.05, 0) is 103 Å². The van der Waals surface area contributed by atoms with Gasteiger partial charge in [-0.25, -0.2) is 4.98 Å². The van der Waals surface area contributed by atoms with Gasteiger partial charge in [-0.3, -0.25) is 0 Å². The standard InChI is InChI=1S/C35H37N2O.C14H14N.Ir/c1-21(2)25-13-9-14-26(22(3)4)33(25)31-18-17-28-27-15-10-16-29(34(27)38-35(28)37-31)32-19-30(23(5)20-36-32)24-11-7-6-8-12-24;1-10-4-6-13(7-5-10)14-8-11(2)12(3)9-15-14;/h9-10,13-15,17-22,24H,6-8,11-12H2,1-5H3;4-6,8-9H,1-3H3;/q2*-1;. The third-order valence-electron chi connectivity index (χ3n) is 11.0. The molecule has 279 valence electrons. The molecule has 1 saturated carbocycles. The minimum Gasteiger partial charge on any atom is -0.486 e. The van der Waals surface area contributed by atoms with Crippen LogP contribution in [-0.2, 0) is 20.1 Å². The van der Waals surface area contributed by atoms with Crippen LogP contribution in [0.4, 0.5) is 0 Å². The molecule has 8 rings (SSSR count). The Morgan fingerprint density at radius 2 is 1.39 bits per heavy atom. The minimum absolute atomic E-state index is 0. The van der Waals surface area contributed by atoms with Crippen molar-refractivity contribution in [2.24, 2.45) is 0 Å². The summed E-state index contributed by atoms with van der Waals surface area (Å²) < 4.78 is 6.53. The van der Waals surface area contributed by atoms with Crippen molar-refractivity contribution in [3.8, 4) is 33.8 Å². The number of pyridine rings is 3. The Bertz CT molecular complexity index is 2360. The molecular formula is C49H51IrN3O-2. The molecule has 0 N–H and O–H groups in total. The molecule has 0 aliphatic heterocycles. The molecular weight excluding hydrogens is 839 g/mol. The largest absolute Gasteiger partial charge is 0.486 e. The van der Waals surface area contributed by atoms with Crippen LogP contribution in [0.2, 0.25) is 0 Å². The average molecular weight is 890 g/mol. The molecule has 4 aromatic heterocycles. The van der Waals surface area contributed by atoms with E-state index in [2.05, 4.69) is 133 Å². The number of furan rings is 1. The Balaban J connectivity index is 0.000000261. The molecule has 4 nitrogen and oxygen atoms in total. The van der Waals surface area contributed by atoms with E-state index in [1.165, 1.54) is 76.6 Å². The Hall–Kier alpha value is -4.44. The van der Waals surface area contributed by atoms with Gasteiger partial charge in [0, 0.05) is 43.4 Å². The number of hydrogen-bond donors (Lipinski definition) is 0. The summed E-state index contributed by atoms with van der Waals surface area (Å²) in [5.41, 5.74) is 16.7. The van der Waals surface area contributed by atoms with Crippen LogP contribution in [0.5, 0.6) is 0 Å². The number of nitrogens with zero attached hydrogens (tertiary/aromatic N) is 3. The van der Waals surface area contributed by atoms with E-state index in [-0.39, 0.29) is 20.1 Å². The van der Waals surface area contributed by atoms with Crippen molar-refractivity contribution in [1.29, 1.82) is 0 Å². The second-order valence-corrected chi connectivity index (χ2v) is 15.6. The van der Waals surface area contributed by atoms with E-state index >= 15 is 0 Å². The first-order chi connectivity index (χ1) is 25.6. The topological polar surface area (TPSA) is 51.8 Å². The third-order valence-corrected chi connectivity index (χ3v) is 11.0. The summed E-state index contributed by atoms with van der Waals surface area (Å²) in [5, 5.41) is 2.10. The van der Waals surface area contributed by atoms with Crippen LogP contribution in [0.3, 0.4) is 0 Å². The fourth-order valence-corrected chi connectivity index (χ4v) is 7.76. The Kier molecular flexibility index (Phi) is 12.3. The van der Waals surface area contributed by atoms with Gasteiger partial charge < -0.3 is 14.4 Å². The minimum atomic E-state index is 0. The van der Waals surface area contributed by atoms with Crippen molar-refractivity contribution in [1.82, 2.24) is 15.0 Å². The molecule has 3 aromatic carbocycles. The predicted molar refractivity (Wildman–Crippen MR) is 220 cm³/mol. The maximum absolute atomic E-state index is 6.53. The Labute approximate surface area is 335 Å². The molecule has 4 heterocycles. The van der Waals surface area contributed by atoms with Crippen molar-refractivity contribution >= 4 is 22.1 Å². The van der Waals surface area contributed by atoms with Crippen LogP contribution in [0.25, 0.3) is 55.8 Å². The van der Waals surface area contributed by atoms with Gasteiger partial charge in [-0.2, -0.15) is 0 Å². The van der Waals surface area contributed by atoms with Gasteiger partial charge in [0.25, 0.3) is 0 Å². The van der Waals surface area contributed by atoms with E-state index in [9.17, 15) is 0 Å². The van der Waals surface area contributed by atoms with E-state index in [1.54, 1.807) is 0 Å². The fourth-order valence-electron chi connectivity index (χ4n) is 7.76. The molecule has 0 atom stereocenters. The molecule has 1 aliphatic carbocycles. The van der Waals surface area contributed by atoms with Gasteiger partial charge in [0.05, 0.1) is 11.3 Å². The first-order valence-corrected chi connectivity index (χ1v) is 19.3. The second-order valence-electron chi connectivity index (χ2n) is 15.6. The molecule has 0 amide bonds. The quantitative estimate of drug-likeness (QED) is 0.156. The number of rotatable bonds is 6. The van der Waals surface area contributed by atoms with Crippen molar-refractivity contribution in [2.45, 2.75) is 105 Å². The van der Waals surface area contributed by atoms with Crippen molar-refractivity contribution in [3.05, 3.63) is 136 Å². The second kappa shape index (κ2) is 16.9. The number of aromatic nitrogens is 3. The summed E-state index contributed by atoms with van der Waals surface area (Å²) in [6.45, 7) is 17.4. The molecule has 54 heavy (non-hydrogen) atoms. The molecule has 0 spiro atoms. The summed E-state index contributed by atoms with van der Waals surface area (Å²) >= 11 is 0. The summed E-state index contributed by atoms with van der Waals surface area (Å²) in [4.78, 5) is 14.4. The molecule has 5 heteroatoms. The van der Waals surface area contributed by atoms with Gasteiger partial charge >= 0.3 is 0 Å². The monoisotopic (exact) mass is 890 g/mol. The fraction of sp³-hybridized carbons (Fsp3) is 0.327. The van der Waals surface area contributed by atoms with Crippen LogP contribution >= 0.6 is 0 Å². The third kappa shape index (κ3) is 8.14. The van der Waals surface area contributed by atoms with Gasteiger partial charge in [-0.1, -0.05) is 101 Å². The maximum atomic E-state index is 6.53.